The van der Waals surface area contributed by atoms with Crippen molar-refractivity contribution in [2.45, 2.75) is 103 Å². The van der Waals surface area contributed by atoms with E-state index in [0.29, 0.717) is 120 Å². The normalized spacial score (nSPS) is 18.9. The van der Waals surface area contributed by atoms with Crippen LogP contribution in [-0.4, -0.2) is 154 Å². The summed E-state index contributed by atoms with van der Waals surface area (Å²) in [6, 6.07) is 3.00. The molecule has 11 rings (SSSR count). The molecule has 4 aliphatic heterocycles. The van der Waals surface area contributed by atoms with E-state index in [1.165, 1.54) is 15.9 Å². The van der Waals surface area contributed by atoms with Gasteiger partial charge in [0.05, 0.1) is 16.6 Å². The van der Waals surface area contributed by atoms with Crippen molar-refractivity contribution in [3.63, 3.8) is 0 Å². The van der Waals surface area contributed by atoms with Gasteiger partial charge in [-0.2, -0.15) is 10.2 Å². The van der Waals surface area contributed by atoms with E-state index in [9.17, 15) is 19.2 Å². The Morgan fingerprint density at radius 1 is 0.905 bits per heavy atom. The van der Waals surface area contributed by atoms with E-state index in [4.69, 9.17) is 30.1 Å². The number of nitrogen functional groups attached to an aromatic ring is 1. The molecule has 390 valence electrons. The number of ether oxygens (including phenoxy) is 1. The van der Waals surface area contributed by atoms with Crippen LogP contribution in [0.1, 0.15) is 108 Å². The Morgan fingerprint density at radius 2 is 1.64 bits per heavy atom. The molecule has 1 aliphatic carbocycles. The van der Waals surface area contributed by atoms with E-state index in [0.717, 1.165) is 55.8 Å². The van der Waals surface area contributed by atoms with Gasteiger partial charge in [-0.15, -0.1) is 0 Å². The molecule has 9 heterocycles. The van der Waals surface area contributed by atoms with Crippen molar-refractivity contribution in [2.75, 3.05) is 81.0 Å². The van der Waals surface area contributed by atoms with Gasteiger partial charge in [-0.25, -0.2) is 38.6 Å². The zero-order valence-corrected chi connectivity index (χ0v) is 42.8. The summed E-state index contributed by atoms with van der Waals surface area (Å²) < 4.78 is 31.1. The standard InChI is InChI=1S/C51H63FN16O6/c1-28(2)68-48-39(45(53)55-27-56-48)41(59-68)42-38(44(74-61-42)31-7-8-31)46-54-25-34(29(3)57-46)30-11-16-65(17-12-30)50(72)73-26-37(70)64-18-13-32(14-19-64)51(4,5)66-23-21-63(22-24-66)35-10-9-33-43(40(35)52)62(6)60-47(33)67-20-15-36(69)58-49(67)71/h9-10,25,27-28,30-32H,7-8,11-24,26H2,1-6H3,(H2,53,55,56)(H,58,69,71). The number of nitrogens with two attached hydrogens (primary N) is 1. The van der Waals surface area contributed by atoms with Crippen LogP contribution < -0.4 is 20.9 Å². The zero-order chi connectivity index (χ0) is 51.7. The van der Waals surface area contributed by atoms with E-state index in [2.05, 4.69) is 49.2 Å². The van der Waals surface area contributed by atoms with Crippen molar-refractivity contribution in [3.05, 3.63) is 47.5 Å². The molecule has 22 nitrogen and oxygen atoms in total. The van der Waals surface area contributed by atoms with Gasteiger partial charge < -0.3 is 29.7 Å². The fourth-order valence-corrected chi connectivity index (χ4v) is 11.6. The van der Waals surface area contributed by atoms with Gasteiger partial charge in [0.2, 0.25) is 5.91 Å². The second-order valence-corrected chi connectivity index (χ2v) is 21.2. The van der Waals surface area contributed by atoms with Crippen molar-refractivity contribution in [3.8, 4) is 22.8 Å². The summed E-state index contributed by atoms with van der Waals surface area (Å²) in [5.41, 5.74) is 11.2. The maximum absolute atomic E-state index is 16.3. The molecule has 0 atom stereocenters. The zero-order valence-electron chi connectivity index (χ0n) is 42.8. The summed E-state index contributed by atoms with van der Waals surface area (Å²) in [6.07, 6.45) is 7.96. The fraction of sp³-hybridized carbons (Fsp3) is 0.549. The first-order chi connectivity index (χ1) is 35.6. The molecule has 0 radical (unpaired) electrons. The van der Waals surface area contributed by atoms with Gasteiger partial charge in [-0.1, -0.05) is 5.16 Å². The number of hydrogen-bond acceptors (Lipinski definition) is 16. The van der Waals surface area contributed by atoms with Crippen LogP contribution in [-0.2, 0) is 21.4 Å². The van der Waals surface area contributed by atoms with Gasteiger partial charge >= 0.3 is 12.1 Å². The number of imide groups is 1. The molecule has 5 aromatic heterocycles. The fourth-order valence-electron chi connectivity index (χ4n) is 11.6. The summed E-state index contributed by atoms with van der Waals surface area (Å²) in [7, 11) is 1.66. The Kier molecular flexibility index (Phi) is 12.7. The summed E-state index contributed by atoms with van der Waals surface area (Å²) >= 11 is 0. The SMILES string of the molecule is Cc1nc(-c2c(-c3nn(C(C)C)c4ncnc(N)c34)noc2C2CC2)ncc1C1CCN(C(=O)OCC(=O)N2CCC(C(C)(C)N3CCN(c4ccc5c(N6CCC(=O)NC6=O)nn(C)c5c4F)CC3)CC2)CC1. The van der Waals surface area contributed by atoms with Crippen LogP contribution in [0.3, 0.4) is 0 Å². The number of amides is 5. The molecule has 23 heteroatoms. The number of carbonyl (C=O) groups excluding carboxylic acids is 4. The first-order valence-corrected chi connectivity index (χ1v) is 25.9. The van der Waals surface area contributed by atoms with Crippen molar-refractivity contribution in [2.24, 2.45) is 13.0 Å². The van der Waals surface area contributed by atoms with E-state index < -0.39 is 17.9 Å². The molecular weight excluding hydrogens is 952 g/mol. The molecule has 1 saturated carbocycles. The van der Waals surface area contributed by atoms with E-state index in [1.54, 1.807) is 29.0 Å². The lowest BCUT2D eigenvalue weighted by atomic mass is 9.78. The Bertz CT molecular complexity index is 3170. The highest BCUT2D eigenvalue weighted by molar-refractivity contribution is 6.09. The maximum atomic E-state index is 16.3. The molecular formula is C51H63FN16O6. The summed E-state index contributed by atoms with van der Waals surface area (Å²) in [4.78, 5) is 79.1. The maximum Gasteiger partial charge on any atom is 0.410 e. The smallest absolute Gasteiger partial charge is 0.410 e. The topological polar surface area (TPSA) is 245 Å². The first-order valence-electron chi connectivity index (χ1n) is 25.9. The van der Waals surface area contributed by atoms with Crippen molar-refractivity contribution in [1.29, 1.82) is 0 Å². The van der Waals surface area contributed by atoms with Crippen LogP contribution in [0.2, 0.25) is 0 Å². The molecule has 0 unspecified atom stereocenters. The van der Waals surface area contributed by atoms with Gasteiger partial charge in [0.15, 0.2) is 35.5 Å². The van der Waals surface area contributed by atoms with Gasteiger partial charge in [0.1, 0.15) is 29.0 Å². The Hall–Kier alpha value is -7.30. The number of carbonyl (C=O) groups is 4. The number of piperazine rings is 1. The van der Waals surface area contributed by atoms with Crippen LogP contribution in [0.4, 0.5) is 31.3 Å². The molecule has 5 aliphatic rings. The Labute approximate surface area is 426 Å². The molecule has 74 heavy (non-hydrogen) atoms. The highest BCUT2D eigenvalue weighted by Gasteiger charge is 2.41. The van der Waals surface area contributed by atoms with Crippen molar-refractivity contribution in [1.82, 2.24) is 64.7 Å². The number of benzene rings is 1. The highest BCUT2D eigenvalue weighted by Crippen LogP contribution is 2.48. The average Bonchev–Trinajstić information content (AvgIpc) is 3.90. The highest BCUT2D eigenvalue weighted by atomic mass is 19.1. The van der Waals surface area contributed by atoms with Gasteiger partial charge in [0, 0.05) is 107 Å². The molecule has 5 amide bonds. The number of piperidine rings is 2. The van der Waals surface area contributed by atoms with Crippen LogP contribution >= 0.6 is 0 Å². The Morgan fingerprint density at radius 3 is 2.32 bits per heavy atom. The predicted molar refractivity (Wildman–Crippen MR) is 272 cm³/mol. The number of likely N-dealkylation sites (tertiary alicyclic amines) is 2. The Balaban J connectivity index is 0.654. The first kappa shape index (κ1) is 48.9. The largest absolute Gasteiger partial charge is 0.439 e. The van der Waals surface area contributed by atoms with Crippen LogP contribution in [0.5, 0.6) is 0 Å². The summed E-state index contributed by atoms with van der Waals surface area (Å²) in [5.74, 6) is 1.60. The minimum Gasteiger partial charge on any atom is -0.439 e. The number of aromatic nitrogens is 9. The number of rotatable bonds is 11. The summed E-state index contributed by atoms with van der Waals surface area (Å²) in [5, 5.41) is 17.3. The van der Waals surface area contributed by atoms with Gasteiger partial charge in [-0.05, 0) is 103 Å². The third-order valence-corrected chi connectivity index (χ3v) is 16.1. The lowest BCUT2D eigenvalue weighted by Crippen LogP contribution is -2.59. The number of aryl methyl sites for hydroxylation is 2. The number of urea groups is 1. The van der Waals surface area contributed by atoms with Crippen LogP contribution in [0.25, 0.3) is 44.7 Å². The average molecular weight is 1020 g/mol. The monoisotopic (exact) mass is 1010 g/mol. The van der Waals surface area contributed by atoms with Crippen molar-refractivity contribution < 1.29 is 32.8 Å². The van der Waals surface area contributed by atoms with Crippen LogP contribution in [0.15, 0.2) is 29.2 Å². The summed E-state index contributed by atoms with van der Waals surface area (Å²) in [6.45, 7) is 15.2. The molecule has 3 N–H and O–H groups in total. The molecule has 5 fully saturated rings. The number of nitrogens with zero attached hydrogens (tertiary/aromatic N) is 14. The lowest BCUT2D eigenvalue weighted by molar-refractivity contribution is -0.136. The number of hydrogen-bond donors (Lipinski definition) is 2. The second kappa shape index (κ2) is 19.2. The number of nitrogens with one attached hydrogen (secondary N) is 1. The molecule has 1 aromatic carbocycles. The molecule has 0 spiro atoms. The quantitative estimate of drug-likeness (QED) is 0.153. The van der Waals surface area contributed by atoms with Crippen LogP contribution in [0, 0.1) is 18.7 Å². The minimum atomic E-state index is -0.564. The van der Waals surface area contributed by atoms with E-state index in [1.807, 2.05) is 31.6 Å². The van der Waals surface area contributed by atoms with Gasteiger partial charge in [0.25, 0.3) is 5.91 Å². The number of fused-ring (bicyclic) bond motifs is 2. The molecule has 6 aromatic rings. The number of anilines is 3. The number of halogens is 1. The lowest BCUT2D eigenvalue weighted by Gasteiger charge is -2.50. The van der Waals surface area contributed by atoms with Crippen molar-refractivity contribution >= 4 is 63.2 Å². The molecule has 4 saturated heterocycles. The second-order valence-electron chi connectivity index (χ2n) is 21.2. The third kappa shape index (κ3) is 8.80. The predicted octanol–water partition coefficient (Wildman–Crippen LogP) is 5.91. The van der Waals surface area contributed by atoms with E-state index in [-0.39, 0.29) is 54.8 Å². The minimum absolute atomic E-state index is 0.00896. The molecule has 0 bridgehead atoms. The van der Waals surface area contributed by atoms with Gasteiger partial charge in [-0.3, -0.25) is 29.4 Å². The van der Waals surface area contributed by atoms with E-state index >= 15 is 4.39 Å². The third-order valence-electron chi connectivity index (χ3n) is 16.1.